The Morgan fingerprint density at radius 2 is 1.87 bits per heavy atom. The summed E-state index contributed by atoms with van der Waals surface area (Å²) in [7, 11) is 0. The Balaban J connectivity index is 1.44. The van der Waals surface area contributed by atoms with Crippen LogP contribution in [0.15, 0.2) is 12.1 Å². The highest BCUT2D eigenvalue weighted by molar-refractivity contribution is 5.97. The number of aromatic nitrogens is 2. The lowest BCUT2D eigenvalue weighted by Crippen LogP contribution is -2.53. The smallest absolute Gasteiger partial charge is 0.410 e. The Kier molecular flexibility index (Phi) is 5.98. The van der Waals surface area contributed by atoms with Crippen LogP contribution in [-0.2, 0) is 4.74 Å². The molecule has 1 aromatic heterocycles. The molecule has 4 rings (SSSR count). The molecular weight excluding hydrogens is 380 g/mol. The molecule has 7 heteroatoms. The van der Waals surface area contributed by atoms with Gasteiger partial charge in [-0.3, -0.25) is 4.79 Å². The van der Waals surface area contributed by atoms with Crippen LogP contribution in [0.2, 0.25) is 0 Å². The SMILES string of the molecule is CC(C)(C)OC(=O)N(CC1CCC1)[C@@H]1CCCN(c2ccc(C(=O)C3CC3)nn2)C1. The van der Waals surface area contributed by atoms with Gasteiger partial charge >= 0.3 is 6.09 Å². The summed E-state index contributed by atoms with van der Waals surface area (Å²) in [5, 5.41) is 8.53. The standard InChI is InChI=1S/C23H34N4O3/c1-23(2,3)30-22(29)27(14-16-6-4-7-16)18-8-5-13-26(15-18)20-12-11-19(24-25-20)21(28)17-9-10-17/h11-12,16-18H,4-10,13-15H2,1-3H3/t18-/m1/s1. The largest absolute Gasteiger partial charge is 0.444 e. The minimum Gasteiger partial charge on any atom is -0.444 e. The Hall–Kier alpha value is -2.18. The van der Waals surface area contributed by atoms with E-state index >= 15 is 0 Å². The Morgan fingerprint density at radius 1 is 1.10 bits per heavy atom. The van der Waals surface area contributed by atoms with Crippen LogP contribution in [0.3, 0.4) is 0 Å². The highest BCUT2D eigenvalue weighted by atomic mass is 16.6. The van der Waals surface area contributed by atoms with Crippen molar-refractivity contribution in [2.75, 3.05) is 24.5 Å². The van der Waals surface area contributed by atoms with Gasteiger partial charge in [-0.1, -0.05) is 6.42 Å². The second kappa shape index (κ2) is 8.52. The molecule has 30 heavy (non-hydrogen) atoms. The number of piperidine rings is 1. The molecule has 7 nitrogen and oxygen atoms in total. The molecule has 164 valence electrons. The van der Waals surface area contributed by atoms with Crippen molar-refractivity contribution in [1.29, 1.82) is 0 Å². The molecule has 1 atom stereocenters. The van der Waals surface area contributed by atoms with Gasteiger partial charge in [-0.15, -0.1) is 10.2 Å². The van der Waals surface area contributed by atoms with E-state index in [9.17, 15) is 9.59 Å². The summed E-state index contributed by atoms with van der Waals surface area (Å²) in [5.74, 6) is 1.63. The maximum absolute atomic E-state index is 13.0. The average molecular weight is 415 g/mol. The molecule has 1 aliphatic heterocycles. The van der Waals surface area contributed by atoms with E-state index in [1.165, 1.54) is 19.3 Å². The molecule has 2 saturated carbocycles. The van der Waals surface area contributed by atoms with Crippen molar-refractivity contribution in [2.24, 2.45) is 11.8 Å². The van der Waals surface area contributed by atoms with E-state index in [-0.39, 0.29) is 23.8 Å². The molecule has 1 saturated heterocycles. The first kappa shape index (κ1) is 21.1. The maximum Gasteiger partial charge on any atom is 0.410 e. The van der Waals surface area contributed by atoms with Crippen LogP contribution in [-0.4, -0.2) is 58.3 Å². The molecule has 3 fully saturated rings. The van der Waals surface area contributed by atoms with E-state index in [0.717, 1.165) is 51.1 Å². The molecule has 3 aliphatic rings. The van der Waals surface area contributed by atoms with Crippen molar-refractivity contribution in [3.63, 3.8) is 0 Å². The lowest BCUT2D eigenvalue weighted by atomic mass is 9.84. The van der Waals surface area contributed by atoms with Crippen LogP contribution in [0.5, 0.6) is 0 Å². The number of anilines is 1. The van der Waals surface area contributed by atoms with Gasteiger partial charge in [-0.25, -0.2) is 4.79 Å². The molecule has 1 amide bonds. The zero-order chi connectivity index (χ0) is 21.3. The third-order valence-electron chi connectivity index (χ3n) is 6.32. The van der Waals surface area contributed by atoms with Crippen LogP contribution in [0, 0.1) is 11.8 Å². The van der Waals surface area contributed by atoms with Crippen LogP contribution in [0.1, 0.15) is 76.2 Å². The second-order valence-electron chi connectivity index (χ2n) is 10.1. The van der Waals surface area contributed by atoms with Gasteiger partial charge in [0.25, 0.3) is 0 Å². The van der Waals surface area contributed by atoms with E-state index in [4.69, 9.17) is 4.74 Å². The summed E-state index contributed by atoms with van der Waals surface area (Å²) in [4.78, 5) is 29.3. The summed E-state index contributed by atoms with van der Waals surface area (Å²) < 4.78 is 5.74. The van der Waals surface area contributed by atoms with Crippen molar-refractivity contribution in [3.8, 4) is 0 Å². The molecule has 0 N–H and O–H groups in total. The first-order valence-electron chi connectivity index (χ1n) is 11.4. The van der Waals surface area contributed by atoms with E-state index in [1.54, 1.807) is 6.07 Å². The number of amides is 1. The van der Waals surface area contributed by atoms with Gasteiger partial charge in [-0.05, 0) is 77.3 Å². The molecular formula is C23H34N4O3. The number of hydrogen-bond acceptors (Lipinski definition) is 6. The monoisotopic (exact) mass is 414 g/mol. The molecule has 1 aromatic rings. The van der Waals surface area contributed by atoms with Crippen LogP contribution in [0.4, 0.5) is 10.6 Å². The summed E-state index contributed by atoms with van der Waals surface area (Å²) in [6.45, 7) is 8.12. The van der Waals surface area contributed by atoms with Gasteiger partial charge in [0.1, 0.15) is 11.3 Å². The van der Waals surface area contributed by atoms with Crippen molar-refractivity contribution in [2.45, 2.75) is 77.4 Å². The lowest BCUT2D eigenvalue weighted by molar-refractivity contribution is 0.00732. The minimum absolute atomic E-state index is 0.101. The Labute approximate surface area is 179 Å². The molecule has 0 bridgehead atoms. The normalized spacial score (nSPS) is 22.4. The summed E-state index contributed by atoms with van der Waals surface area (Å²) in [5.41, 5.74) is -0.0335. The number of ether oxygens (including phenoxy) is 1. The third-order valence-corrected chi connectivity index (χ3v) is 6.32. The predicted octanol–water partition coefficient (Wildman–Crippen LogP) is 4.08. The highest BCUT2D eigenvalue weighted by Crippen LogP contribution is 2.33. The average Bonchev–Trinajstić information content (AvgIpc) is 3.50. The van der Waals surface area contributed by atoms with Gasteiger partial charge < -0.3 is 14.5 Å². The Morgan fingerprint density at radius 3 is 2.43 bits per heavy atom. The molecule has 0 radical (unpaired) electrons. The fraction of sp³-hybridized carbons (Fsp3) is 0.739. The fourth-order valence-corrected chi connectivity index (χ4v) is 4.24. The van der Waals surface area contributed by atoms with E-state index in [0.29, 0.717) is 11.6 Å². The van der Waals surface area contributed by atoms with E-state index in [2.05, 4.69) is 15.1 Å². The van der Waals surface area contributed by atoms with Gasteiger partial charge in [0.15, 0.2) is 11.6 Å². The number of nitrogens with zero attached hydrogens (tertiary/aromatic N) is 4. The van der Waals surface area contributed by atoms with E-state index in [1.807, 2.05) is 31.7 Å². The number of ketones is 1. The predicted molar refractivity (Wildman–Crippen MR) is 115 cm³/mol. The van der Waals surface area contributed by atoms with Crippen LogP contribution < -0.4 is 4.90 Å². The van der Waals surface area contributed by atoms with Crippen molar-refractivity contribution >= 4 is 17.7 Å². The number of carbonyl (C=O) groups excluding carboxylic acids is 2. The number of rotatable bonds is 6. The molecule has 2 aliphatic carbocycles. The summed E-state index contributed by atoms with van der Waals surface area (Å²) in [6, 6.07) is 3.80. The molecule has 0 aromatic carbocycles. The van der Waals surface area contributed by atoms with Crippen molar-refractivity contribution in [3.05, 3.63) is 17.8 Å². The van der Waals surface area contributed by atoms with Crippen LogP contribution >= 0.6 is 0 Å². The first-order valence-corrected chi connectivity index (χ1v) is 11.4. The molecule has 0 unspecified atom stereocenters. The van der Waals surface area contributed by atoms with Crippen molar-refractivity contribution in [1.82, 2.24) is 15.1 Å². The van der Waals surface area contributed by atoms with Crippen LogP contribution in [0.25, 0.3) is 0 Å². The third kappa shape index (κ3) is 5.10. The summed E-state index contributed by atoms with van der Waals surface area (Å²) in [6.07, 6.45) is 7.32. The number of hydrogen-bond donors (Lipinski definition) is 0. The Bertz CT molecular complexity index is 766. The number of carbonyl (C=O) groups is 2. The van der Waals surface area contributed by atoms with Gasteiger partial charge in [-0.2, -0.15) is 0 Å². The zero-order valence-corrected chi connectivity index (χ0v) is 18.5. The minimum atomic E-state index is -0.501. The fourth-order valence-electron chi connectivity index (χ4n) is 4.24. The van der Waals surface area contributed by atoms with Gasteiger partial charge in [0, 0.05) is 25.6 Å². The quantitative estimate of drug-likeness (QED) is 0.653. The molecule has 0 spiro atoms. The topological polar surface area (TPSA) is 75.6 Å². The lowest BCUT2D eigenvalue weighted by Gasteiger charge is -2.42. The number of Topliss-reactive ketones (excluding diaryl/α,β-unsaturated/α-hetero) is 1. The van der Waals surface area contributed by atoms with Crippen molar-refractivity contribution < 1.29 is 14.3 Å². The second-order valence-corrected chi connectivity index (χ2v) is 10.1. The first-order chi connectivity index (χ1) is 14.3. The maximum atomic E-state index is 13.0. The van der Waals surface area contributed by atoms with Gasteiger partial charge in [0.05, 0.1) is 6.04 Å². The summed E-state index contributed by atoms with van der Waals surface area (Å²) >= 11 is 0. The highest BCUT2D eigenvalue weighted by Gasteiger charge is 2.35. The molecule has 2 heterocycles. The zero-order valence-electron chi connectivity index (χ0n) is 18.5. The van der Waals surface area contributed by atoms with Gasteiger partial charge in [0.2, 0.25) is 0 Å². The van der Waals surface area contributed by atoms with E-state index < -0.39 is 5.60 Å².